The molecule has 1 rings (SSSR count). The Kier molecular flexibility index (Phi) is 3.52. The van der Waals surface area contributed by atoms with E-state index >= 15 is 0 Å². The lowest BCUT2D eigenvalue weighted by molar-refractivity contribution is 1.39. The number of hydrogen-bond donors (Lipinski definition) is 1. The van der Waals surface area contributed by atoms with Gasteiger partial charge in [-0.1, -0.05) is 6.07 Å². The summed E-state index contributed by atoms with van der Waals surface area (Å²) in [6, 6.07) is 6.24. The Bertz CT molecular complexity index is 237. The standard InChI is InChI=1S/C7H6BrIS/c8-6-2-1-5(4-10)3-7(6)9/h1-3,10H,4H2. The third-order valence-corrected chi connectivity index (χ3v) is 3.86. The average Bonchev–Trinajstić information content (AvgIpc) is 1.95. The van der Waals surface area contributed by atoms with Crippen LogP contribution in [0.25, 0.3) is 0 Å². The van der Waals surface area contributed by atoms with Gasteiger partial charge in [0.1, 0.15) is 0 Å². The summed E-state index contributed by atoms with van der Waals surface area (Å²) in [6.45, 7) is 0. The molecule has 0 nitrogen and oxygen atoms in total. The van der Waals surface area contributed by atoms with Crippen molar-refractivity contribution in [3.63, 3.8) is 0 Å². The van der Waals surface area contributed by atoms with E-state index in [0.717, 1.165) is 10.2 Å². The van der Waals surface area contributed by atoms with Gasteiger partial charge < -0.3 is 0 Å². The third-order valence-electron chi connectivity index (χ3n) is 1.17. The Labute approximate surface area is 88.1 Å². The molecule has 1 aromatic carbocycles. The van der Waals surface area contributed by atoms with Gasteiger partial charge in [-0.3, -0.25) is 0 Å². The lowest BCUT2D eigenvalue weighted by Gasteiger charge is -1.98. The molecule has 0 saturated carbocycles. The van der Waals surface area contributed by atoms with Crippen LogP contribution in [0.5, 0.6) is 0 Å². The molecule has 1 aromatic rings. The fourth-order valence-corrected chi connectivity index (χ4v) is 1.66. The van der Waals surface area contributed by atoms with Crippen molar-refractivity contribution in [3.05, 3.63) is 31.8 Å². The van der Waals surface area contributed by atoms with E-state index in [1.807, 2.05) is 6.07 Å². The number of benzene rings is 1. The van der Waals surface area contributed by atoms with E-state index in [9.17, 15) is 0 Å². The zero-order valence-electron chi connectivity index (χ0n) is 5.14. The summed E-state index contributed by atoms with van der Waals surface area (Å²) in [5, 5.41) is 0. The zero-order valence-corrected chi connectivity index (χ0v) is 9.78. The fourth-order valence-electron chi connectivity index (χ4n) is 0.638. The minimum Gasteiger partial charge on any atom is -0.175 e. The normalized spacial score (nSPS) is 9.90. The van der Waals surface area contributed by atoms with Gasteiger partial charge >= 0.3 is 0 Å². The SMILES string of the molecule is SCc1ccc(Br)c(I)c1. The maximum Gasteiger partial charge on any atom is 0.0309 e. The average molecular weight is 329 g/mol. The minimum atomic E-state index is 0.809. The summed E-state index contributed by atoms with van der Waals surface area (Å²) < 4.78 is 2.39. The lowest BCUT2D eigenvalue weighted by atomic mass is 10.2. The molecule has 0 heterocycles. The highest BCUT2D eigenvalue weighted by Crippen LogP contribution is 2.20. The van der Waals surface area contributed by atoms with Crippen LogP contribution in [0.2, 0.25) is 0 Å². The quantitative estimate of drug-likeness (QED) is 0.592. The zero-order chi connectivity index (χ0) is 7.56. The minimum absolute atomic E-state index is 0.809. The highest BCUT2D eigenvalue weighted by Gasteiger charge is 1.95. The first-order valence-corrected chi connectivity index (χ1v) is 5.29. The topological polar surface area (TPSA) is 0 Å². The van der Waals surface area contributed by atoms with Crippen molar-refractivity contribution in [2.24, 2.45) is 0 Å². The van der Waals surface area contributed by atoms with Crippen molar-refractivity contribution in [3.8, 4) is 0 Å². The molecule has 0 aliphatic rings. The Balaban J connectivity index is 3.04. The first kappa shape index (κ1) is 8.87. The monoisotopic (exact) mass is 328 g/mol. The summed E-state index contributed by atoms with van der Waals surface area (Å²) in [5.41, 5.74) is 1.26. The third kappa shape index (κ3) is 2.13. The van der Waals surface area contributed by atoms with E-state index in [0.29, 0.717) is 0 Å². The molecule has 0 N–H and O–H groups in total. The Hall–Kier alpha value is 0.780. The van der Waals surface area contributed by atoms with Gasteiger partial charge in [0.2, 0.25) is 0 Å². The molecule has 0 fully saturated rings. The Morgan fingerprint density at radius 1 is 1.50 bits per heavy atom. The van der Waals surface area contributed by atoms with Crippen LogP contribution in [0.1, 0.15) is 5.56 Å². The summed E-state index contributed by atoms with van der Waals surface area (Å²) >= 11 is 9.89. The maximum absolute atomic E-state index is 4.17. The predicted molar refractivity (Wildman–Crippen MR) is 59.5 cm³/mol. The highest BCUT2D eigenvalue weighted by molar-refractivity contribution is 14.1. The van der Waals surface area contributed by atoms with Crippen LogP contribution in [0, 0.1) is 3.57 Å². The van der Waals surface area contributed by atoms with Gasteiger partial charge in [-0.05, 0) is 56.2 Å². The molecule has 0 saturated heterocycles. The number of thiol groups is 1. The maximum atomic E-state index is 4.17. The second-order valence-electron chi connectivity index (χ2n) is 1.91. The van der Waals surface area contributed by atoms with Crippen LogP contribution in [0.3, 0.4) is 0 Å². The molecule has 54 valence electrons. The molecule has 0 spiro atoms. The second-order valence-corrected chi connectivity index (χ2v) is 4.24. The molecule has 0 atom stereocenters. The van der Waals surface area contributed by atoms with Crippen molar-refractivity contribution in [2.45, 2.75) is 5.75 Å². The smallest absolute Gasteiger partial charge is 0.0309 e. The number of halogens is 2. The molecule has 3 heteroatoms. The Morgan fingerprint density at radius 3 is 2.70 bits per heavy atom. The van der Waals surface area contributed by atoms with Crippen molar-refractivity contribution < 1.29 is 0 Å². The molecule has 0 aliphatic heterocycles. The molecule has 0 aromatic heterocycles. The first-order valence-electron chi connectivity index (χ1n) is 2.79. The van der Waals surface area contributed by atoms with Crippen molar-refractivity contribution in [1.82, 2.24) is 0 Å². The van der Waals surface area contributed by atoms with Crippen LogP contribution in [0.15, 0.2) is 22.7 Å². The van der Waals surface area contributed by atoms with Gasteiger partial charge in [-0.25, -0.2) is 0 Å². The van der Waals surface area contributed by atoms with Crippen LogP contribution in [-0.2, 0) is 5.75 Å². The van der Waals surface area contributed by atoms with Crippen molar-refractivity contribution >= 4 is 51.1 Å². The van der Waals surface area contributed by atoms with Crippen LogP contribution < -0.4 is 0 Å². The van der Waals surface area contributed by atoms with E-state index < -0.39 is 0 Å². The van der Waals surface area contributed by atoms with E-state index in [1.165, 1.54) is 9.13 Å². The summed E-state index contributed by atoms with van der Waals surface area (Å²) in [5.74, 6) is 0.809. The first-order chi connectivity index (χ1) is 4.74. The van der Waals surface area contributed by atoms with Crippen LogP contribution in [0.4, 0.5) is 0 Å². The molecular formula is C7H6BrIS. The lowest BCUT2D eigenvalue weighted by Crippen LogP contribution is -1.79. The summed E-state index contributed by atoms with van der Waals surface area (Å²) in [6.07, 6.45) is 0. The second kappa shape index (κ2) is 3.97. The molecule has 0 bridgehead atoms. The van der Waals surface area contributed by atoms with Gasteiger partial charge in [-0.15, -0.1) is 0 Å². The van der Waals surface area contributed by atoms with Gasteiger partial charge in [0.25, 0.3) is 0 Å². The highest BCUT2D eigenvalue weighted by atomic mass is 127. The van der Waals surface area contributed by atoms with Crippen molar-refractivity contribution in [1.29, 1.82) is 0 Å². The molecular weight excluding hydrogens is 323 g/mol. The van der Waals surface area contributed by atoms with Gasteiger partial charge in [0.05, 0.1) is 0 Å². The number of rotatable bonds is 1. The van der Waals surface area contributed by atoms with Gasteiger partial charge in [0.15, 0.2) is 0 Å². The molecule has 0 aliphatic carbocycles. The van der Waals surface area contributed by atoms with E-state index in [-0.39, 0.29) is 0 Å². The van der Waals surface area contributed by atoms with Gasteiger partial charge in [0, 0.05) is 13.8 Å². The van der Waals surface area contributed by atoms with Crippen LogP contribution in [-0.4, -0.2) is 0 Å². The molecule has 10 heavy (non-hydrogen) atoms. The summed E-state index contributed by atoms with van der Waals surface area (Å²) in [4.78, 5) is 0. The largest absolute Gasteiger partial charge is 0.175 e. The molecule has 0 amide bonds. The van der Waals surface area contributed by atoms with Crippen molar-refractivity contribution in [2.75, 3.05) is 0 Å². The fraction of sp³-hybridized carbons (Fsp3) is 0.143. The number of hydrogen-bond acceptors (Lipinski definition) is 1. The molecule has 0 unspecified atom stereocenters. The van der Waals surface area contributed by atoms with E-state index in [1.54, 1.807) is 0 Å². The predicted octanol–water partition coefficient (Wildman–Crippen LogP) is 3.48. The Morgan fingerprint density at radius 2 is 2.20 bits per heavy atom. The van der Waals surface area contributed by atoms with Crippen LogP contribution >= 0.6 is 51.1 Å². The summed E-state index contributed by atoms with van der Waals surface area (Å²) in [7, 11) is 0. The molecule has 0 radical (unpaired) electrons. The van der Waals surface area contributed by atoms with E-state index in [2.05, 4.69) is 63.3 Å². The van der Waals surface area contributed by atoms with Gasteiger partial charge in [-0.2, -0.15) is 12.6 Å². The van der Waals surface area contributed by atoms with E-state index in [4.69, 9.17) is 0 Å².